The highest BCUT2D eigenvalue weighted by atomic mass is 16.2. The van der Waals surface area contributed by atoms with E-state index in [1.165, 1.54) is 4.52 Å². The van der Waals surface area contributed by atoms with E-state index in [0.717, 1.165) is 13.0 Å². The van der Waals surface area contributed by atoms with Crippen LogP contribution in [0, 0.1) is 0 Å². The molecule has 0 saturated heterocycles. The molecule has 0 atom stereocenters. The molecule has 0 bridgehead atoms. The van der Waals surface area contributed by atoms with Gasteiger partial charge in [0.2, 0.25) is 0 Å². The second-order valence-electron chi connectivity index (χ2n) is 3.02. The first-order valence-electron chi connectivity index (χ1n) is 4.60. The first-order valence-corrected chi connectivity index (χ1v) is 4.60. The maximum absolute atomic E-state index is 11.2. The molecule has 2 rings (SSSR count). The number of fused-ring (bicyclic) bond motifs is 1. The van der Waals surface area contributed by atoms with Gasteiger partial charge in [-0.1, -0.05) is 6.08 Å². The number of hydrogen-bond acceptors (Lipinski definition) is 4. The number of anilines is 1. The van der Waals surface area contributed by atoms with Crippen LogP contribution in [0.3, 0.4) is 0 Å². The Balaban J connectivity index is 2.25. The Labute approximate surface area is 85.6 Å². The summed E-state index contributed by atoms with van der Waals surface area (Å²) in [6.45, 7) is 4.36. The van der Waals surface area contributed by atoms with Gasteiger partial charge in [-0.2, -0.15) is 9.61 Å². The van der Waals surface area contributed by atoms with Gasteiger partial charge >= 0.3 is 5.69 Å². The number of H-pyrrole nitrogens is 1. The van der Waals surface area contributed by atoms with E-state index in [1.807, 2.05) is 6.08 Å². The standard InChI is InChI=1S/C9H11N5O/c1-2-3-6-10-7-4-5-8-11-12-9(15)14(8)13-7/h2,4-5H,1,3,6H2,(H,10,13)(H,12,15). The molecule has 2 aromatic rings. The molecule has 78 valence electrons. The van der Waals surface area contributed by atoms with Gasteiger partial charge in [0.05, 0.1) is 0 Å². The van der Waals surface area contributed by atoms with Crippen LogP contribution in [0.2, 0.25) is 0 Å². The van der Waals surface area contributed by atoms with Gasteiger partial charge in [-0.15, -0.1) is 11.7 Å². The lowest BCUT2D eigenvalue weighted by Gasteiger charge is -2.02. The van der Waals surface area contributed by atoms with E-state index in [2.05, 4.69) is 27.2 Å². The molecule has 0 unspecified atom stereocenters. The van der Waals surface area contributed by atoms with E-state index in [-0.39, 0.29) is 5.69 Å². The third kappa shape index (κ3) is 1.88. The van der Waals surface area contributed by atoms with Crippen LogP contribution in [0.15, 0.2) is 29.6 Å². The highest BCUT2D eigenvalue weighted by Crippen LogP contribution is 2.02. The van der Waals surface area contributed by atoms with Gasteiger partial charge in [0.25, 0.3) is 0 Å². The van der Waals surface area contributed by atoms with Gasteiger partial charge in [0.15, 0.2) is 5.65 Å². The van der Waals surface area contributed by atoms with Crippen molar-refractivity contribution in [1.82, 2.24) is 19.8 Å². The van der Waals surface area contributed by atoms with Crippen LogP contribution in [0.4, 0.5) is 5.82 Å². The van der Waals surface area contributed by atoms with E-state index < -0.39 is 0 Å². The van der Waals surface area contributed by atoms with E-state index in [4.69, 9.17) is 0 Å². The van der Waals surface area contributed by atoms with Crippen LogP contribution in [-0.4, -0.2) is 26.4 Å². The normalized spacial score (nSPS) is 10.4. The Morgan fingerprint density at radius 3 is 3.27 bits per heavy atom. The second kappa shape index (κ2) is 3.95. The number of nitrogens with zero attached hydrogens (tertiary/aromatic N) is 3. The molecule has 0 radical (unpaired) electrons. The molecule has 6 nitrogen and oxygen atoms in total. The van der Waals surface area contributed by atoms with Gasteiger partial charge in [0, 0.05) is 6.54 Å². The predicted octanol–water partition coefficient (Wildman–Crippen LogP) is 0.406. The molecule has 2 heterocycles. The van der Waals surface area contributed by atoms with Gasteiger partial charge in [0.1, 0.15) is 5.82 Å². The fraction of sp³-hybridized carbons (Fsp3) is 0.222. The van der Waals surface area contributed by atoms with Crippen molar-refractivity contribution in [3.05, 3.63) is 35.3 Å². The van der Waals surface area contributed by atoms with Crippen LogP contribution >= 0.6 is 0 Å². The first kappa shape index (κ1) is 9.45. The summed E-state index contributed by atoms with van der Waals surface area (Å²) < 4.78 is 1.22. The fourth-order valence-electron chi connectivity index (χ4n) is 1.20. The van der Waals surface area contributed by atoms with Crippen LogP contribution in [0.5, 0.6) is 0 Å². The van der Waals surface area contributed by atoms with E-state index in [9.17, 15) is 4.79 Å². The zero-order valence-electron chi connectivity index (χ0n) is 8.10. The Hall–Kier alpha value is -2.11. The minimum atomic E-state index is -0.336. The maximum atomic E-state index is 11.2. The quantitative estimate of drug-likeness (QED) is 0.560. The summed E-state index contributed by atoms with van der Waals surface area (Å²) in [6.07, 6.45) is 2.66. The summed E-state index contributed by atoms with van der Waals surface area (Å²) in [4.78, 5) is 11.2. The van der Waals surface area contributed by atoms with Crippen molar-refractivity contribution in [3.63, 3.8) is 0 Å². The molecule has 0 aliphatic carbocycles. The summed E-state index contributed by atoms with van der Waals surface area (Å²) in [5, 5.41) is 13.2. The minimum absolute atomic E-state index is 0.336. The number of aromatic nitrogens is 4. The van der Waals surface area contributed by atoms with Gasteiger partial charge < -0.3 is 5.32 Å². The Morgan fingerprint density at radius 2 is 2.47 bits per heavy atom. The van der Waals surface area contributed by atoms with E-state index >= 15 is 0 Å². The molecule has 2 aromatic heterocycles. The average Bonchev–Trinajstić information content (AvgIpc) is 2.61. The summed E-state index contributed by atoms with van der Waals surface area (Å²) in [5.41, 5.74) is 0.173. The van der Waals surface area contributed by atoms with Crippen LogP contribution in [0.25, 0.3) is 5.65 Å². The van der Waals surface area contributed by atoms with Crippen molar-refractivity contribution in [2.75, 3.05) is 11.9 Å². The predicted molar refractivity (Wildman–Crippen MR) is 56.9 cm³/mol. The lowest BCUT2D eigenvalue weighted by molar-refractivity contribution is 0.874. The molecule has 0 spiro atoms. The van der Waals surface area contributed by atoms with Gasteiger partial charge in [-0.05, 0) is 18.6 Å². The first-order chi connectivity index (χ1) is 7.31. The van der Waals surface area contributed by atoms with E-state index in [0.29, 0.717) is 11.5 Å². The SMILES string of the molecule is C=CCCNc1ccc2n[nH]c(=O)n2n1. The number of rotatable bonds is 4. The molecular weight excluding hydrogens is 194 g/mol. The average molecular weight is 205 g/mol. The third-order valence-corrected chi connectivity index (χ3v) is 1.93. The Bertz CT molecular complexity index is 527. The van der Waals surface area contributed by atoms with Crippen LogP contribution in [-0.2, 0) is 0 Å². The lowest BCUT2D eigenvalue weighted by Crippen LogP contribution is -2.14. The molecule has 0 aliphatic rings. The highest BCUT2D eigenvalue weighted by Gasteiger charge is 2.01. The molecule has 0 fully saturated rings. The zero-order chi connectivity index (χ0) is 10.7. The van der Waals surface area contributed by atoms with Crippen molar-refractivity contribution in [3.8, 4) is 0 Å². The molecule has 6 heteroatoms. The van der Waals surface area contributed by atoms with Crippen molar-refractivity contribution < 1.29 is 0 Å². The van der Waals surface area contributed by atoms with Crippen molar-refractivity contribution in [1.29, 1.82) is 0 Å². The molecule has 2 N–H and O–H groups in total. The van der Waals surface area contributed by atoms with Gasteiger partial charge in [-0.25, -0.2) is 9.89 Å². The maximum Gasteiger partial charge on any atom is 0.364 e. The topological polar surface area (TPSA) is 75.1 Å². The molecule has 0 aliphatic heterocycles. The van der Waals surface area contributed by atoms with Crippen molar-refractivity contribution >= 4 is 11.5 Å². The molecule has 15 heavy (non-hydrogen) atoms. The zero-order valence-corrected chi connectivity index (χ0v) is 8.10. The number of nitrogens with one attached hydrogen (secondary N) is 2. The Morgan fingerprint density at radius 1 is 1.60 bits per heavy atom. The smallest absolute Gasteiger partial charge is 0.364 e. The summed E-state index contributed by atoms with van der Waals surface area (Å²) in [7, 11) is 0. The Kier molecular flexibility index (Phi) is 2.49. The van der Waals surface area contributed by atoms with Crippen molar-refractivity contribution in [2.45, 2.75) is 6.42 Å². The summed E-state index contributed by atoms with van der Waals surface area (Å²) in [5.74, 6) is 0.646. The lowest BCUT2D eigenvalue weighted by atomic mass is 10.4. The van der Waals surface area contributed by atoms with Crippen molar-refractivity contribution in [2.24, 2.45) is 0 Å². The fourth-order valence-corrected chi connectivity index (χ4v) is 1.20. The van der Waals surface area contributed by atoms with Gasteiger partial charge in [-0.3, -0.25) is 0 Å². The molecular formula is C9H11N5O. The number of aromatic amines is 1. The second-order valence-corrected chi connectivity index (χ2v) is 3.02. The number of hydrogen-bond donors (Lipinski definition) is 2. The molecule has 0 saturated carbocycles. The highest BCUT2D eigenvalue weighted by molar-refractivity contribution is 5.42. The van der Waals surface area contributed by atoms with Crippen LogP contribution in [0.1, 0.15) is 6.42 Å². The van der Waals surface area contributed by atoms with E-state index in [1.54, 1.807) is 12.1 Å². The third-order valence-electron chi connectivity index (χ3n) is 1.93. The summed E-state index contributed by atoms with van der Waals surface area (Å²) >= 11 is 0. The minimum Gasteiger partial charge on any atom is -0.368 e. The monoisotopic (exact) mass is 205 g/mol. The summed E-state index contributed by atoms with van der Waals surface area (Å²) in [6, 6.07) is 3.50. The largest absolute Gasteiger partial charge is 0.368 e. The molecule has 0 amide bonds. The molecule has 0 aromatic carbocycles. The van der Waals surface area contributed by atoms with Crippen LogP contribution < -0.4 is 11.0 Å².